The van der Waals surface area contributed by atoms with E-state index in [1.165, 1.54) is 31.2 Å². The lowest BCUT2D eigenvalue weighted by Gasteiger charge is -2.25. The molecule has 0 bridgehead atoms. The smallest absolute Gasteiger partial charge is 0.255 e. The molecule has 2 rings (SSSR count). The second-order valence-electron chi connectivity index (χ2n) is 5.52. The van der Waals surface area contributed by atoms with Crippen molar-refractivity contribution in [1.29, 1.82) is 0 Å². The summed E-state index contributed by atoms with van der Waals surface area (Å²) in [5.41, 5.74) is 6.54. The summed E-state index contributed by atoms with van der Waals surface area (Å²) in [5.74, 6) is 0.217. The molecule has 104 valence electrons. The Balaban J connectivity index is 1.83. The van der Waals surface area contributed by atoms with Gasteiger partial charge in [0.25, 0.3) is 5.91 Å². The fourth-order valence-electron chi connectivity index (χ4n) is 2.51. The van der Waals surface area contributed by atoms with Crippen LogP contribution in [0, 0.1) is 0 Å². The van der Waals surface area contributed by atoms with Gasteiger partial charge in [0.05, 0.1) is 0 Å². The topological polar surface area (TPSA) is 64.3 Å². The lowest BCUT2D eigenvalue weighted by Crippen LogP contribution is -2.38. The Morgan fingerprint density at radius 3 is 2.53 bits per heavy atom. The summed E-state index contributed by atoms with van der Waals surface area (Å²) >= 11 is 0. The van der Waals surface area contributed by atoms with Crippen LogP contribution in [0.1, 0.15) is 38.2 Å². The lowest BCUT2D eigenvalue weighted by molar-refractivity contribution is -0.119. The Morgan fingerprint density at radius 2 is 1.95 bits per heavy atom. The van der Waals surface area contributed by atoms with Gasteiger partial charge in [-0.1, -0.05) is 25.0 Å². The van der Waals surface area contributed by atoms with Crippen molar-refractivity contribution >= 4 is 5.91 Å². The molecule has 3 N–H and O–H groups in total. The molecule has 4 heteroatoms. The second-order valence-corrected chi connectivity index (χ2v) is 5.52. The molecule has 1 saturated carbocycles. The lowest BCUT2D eigenvalue weighted by atomic mass is 10.0. The van der Waals surface area contributed by atoms with E-state index < -0.39 is 5.91 Å². The third-order valence-electron chi connectivity index (χ3n) is 3.73. The molecule has 1 aliphatic carbocycles. The highest BCUT2D eigenvalue weighted by Gasteiger charge is 2.27. The van der Waals surface area contributed by atoms with Gasteiger partial charge < -0.3 is 15.8 Å². The number of amides is 1. The van der Waals surface area contributed by atoms with Gasteiger partial charge >= 0.3 is 0 Å². The third-order valence-corrected chi connectivity index (χ3v) is 3.73. The summed E-state index contributed by atoms with van der Waals surface area (Å²) < 4.78 is 5.23. The first-order valence-corrected chi connectivity index (χ1v) is 6.82. The molecule has 0 radical (unpaired) electrons. The number of carbonyl (C=O) groups is 1. The quantitative estimate of drug-likeness (QED) is 0.824. The zero-order valence-corrected chi connectivity index (χ0v) is 11.4. The van der Waals surface area contributed by atoms with Gasteiger partial charge in [-0.15, -0.1) is 0 Å². The molecule has 1 aromatic carbocycles. The van der Waals surface area contributed by atoms with E-state index in [0.29, 0.717) is 11.3 Å². The van der Waals surface area contributed by atoms with Gasteiger partial charge in [-0.05, 0) is 37.5 Å². The minimum atomic E-state index is -0.458. The van der Waals surface area contributed by atoms with Gasteiger partial charge in [0.2, 0.25) is 0 Å². The fourth-order valence-corrected chi connectivity index (χ4v) is 2.51. The standard InChI is InChI=1S/C15H22N2O2/c1-15(8-2-3-9-15)17-10-12-4-6-13(7-5-12)19-11-14(16)18/h4-7,17H,2-3,8-11H2,1H3,(H2,16,18). The van der Waals surface area contributed by atoms with E-state index in [-0.39, 0.29) is 6.61 Å². The fraction of sp³-hybridized carbons (Fsp3) is 0.533. The second kappa shape index (κ2) is 6.06. The van der Waals surface area contributed by atoms with Crippen LogP contribution in [0.25, 0.3) is 0 Å². The zero-order chi connectivity index (χ0) is 13.7. The maximum absolute atomic E-state index is 10.6. The minimum Gasteiger partial charge on any atom is -0.484 e. The van der Waals surface area contributed by atoms with Crippen molar-refractivity contribution in [1.82, 2.24) is 5.32 Å². The van der Waals surface area contributed by atoms with Gasteiger partial charge in [-0.3, -0.25) is 4.79 Å². The van der Waals surface area contributed by atoms with Crippen molar-refractivity contribution < 1.29 is 9.53 Å². The van der Waals surface area contributed by atoms with Crippen molar-refractivity contribution in [2.45, 2.75) is 44.7 Å². The number of hydrogen-bond acceptors (Lipinski definition) is 3. The molecule has 4 nitrogen and oxygen atoms in total. The Labute approximate surface area is 114 Å². The maximum atomic E-state index is 10.6. The molecule has 0 aliphatic heterocycles. The van der Waals surface area contributed by atoms with E-state index in [0.717, 1.165) is 6.54 Å². The molecule has 19 heavy (non-hydrogen) atoms. The molecule has 0 unspecified atom stereocenters. The van der Waals surface area contributed by atoms with Gasteiger partial charge in [0.1, 0.15) is 5.75 Å². The van der Waals surface area contributed by atoms with Crippen LogP contribution in [0.3, 0.4) is 0 Å². The van der Waals surface area contributed by atoms with Gasteiger partial charge in [-0.25, -0.2) is 0 Å². The highest BCUT2D eigenvalue weighted by atomic mass is 16.5. The first-order chi connectivity index (χ1) is 9.07. The highest BCUT2D eigenvalue weighted by Crippen LogP contribution is 2.29. The van der Waals surface area contributed by atoms with Crippen LogP contribution in [-0.2, 0) is 11.3 Å². The number of nitrogens with one attached hydrogen (secondary N) is 1. The number of primary amides is 1. The Hall–Kier alpha value is -1.55. The number of nitrogens with two attached hydrogens (primary N) is 1. The average Bonchev–Trinajstić information content (AvgIpc) is 2.83. The first-order valence-electron chi connectivity index (χ1n) is 6.82. The Morgan fingerprint density at radius 1 is 1.32 bits per heavy atom. The van der Waals surface area contributed by atoms with E-state index in [1.54, 1.807) is 0 Å². The average molecular weight is 262 g/mol. The van der Waals surface area contributed by atoms with Crippen LogP contribution < -0.4 is 15.8 Å². The number of benzene rings is 1. The number of rotatable bonds is 6. The predicted octanol–water partition coefficient (Wildman–Crippen LogP) is 1.97. The third kappa shape index (κ3) is 4.24. The Kier molecular flexibility index (Phi) is 4.43. The summed E-state index contributed by atoms with van der Waals surface area (Å²) in [6.45, 7) is 3.09. The molecular weight excluding hydrogens is 240 g/mol. The largest absolute Gasteiger partial charge is 0.484 e. The van der Waals surface area contributed by atoms with Crippen LogP contribution in [0.2, 0.25) is 0 Å². The minimum absolute atomic E-state index is 0.0737. The monoisotopic (exact) mass is 262 g/mol. The van der Waals surface area contributed by atoms with Crippen LogP contribution >= 0.6 is 0 Å². The molecular formula is C15H22N2O2. The van der Waals surface area contributed by atoms with E-state index >= 15 is 0 Å². The van der Waals surface area contributed by atoms with Crippen molar-refractivity contribution in [2.24, 2.45) is 5.73 Å². The van der Waals surface area contributed by atoms with Gasteiger partial charge in [0, 0.05) is 12.1 Å². The van der Waals surface area contributed by atoms with Crippen LogP contribution in [-0.4, -0.2) is 18.1 Å². The van der Waals surface area contributed by atoms with Gasteiger partial charge in [-0.2, -0.15) is 0 Å². The summed E-state index contributed by atoms with van der Waals surface area (Å²) in [6.07, 6.45) is 5.16. The first kappa shape index (κ1) is 13.9. The maximum Gasteiger partial charge on any atom is 0.255 e. The summed E-state index contributed by atoms with van der Waals surface area (Å²) in [6, 6.07) is 7.77. The van der Waals surface area contributed by atoms with E-state index in [1.807, 2.05) is 24.3 Å². The molecule has 0 heterocycles. The molecule has 1 aromatic rings. The number of ether oxygens (including phenoxy) is 1. The van der Waals surface area contributed by atoms with E-state index in [2.05, 4.69) is 12.2 Å². The van der Waals surface area contributed by atoms with Crippen molar-refractivity contribution in [3.63, 3.8) is 0 Å². The zero-order valence-electron chi connectivity index (χ0n) is 11.4. The van der Waals surface area contributed by atoms with Gasteiger partial charge in [0.15, 0.2) is 6.61 Å². The highest BCUT2D eigenvalue weighted by molar-refractivity contribution is 5.75. The van der Waals surface area contributed by atoms with E-state index in [4.69, 9.17) is 10.5 Å². The molecule has 0 spiro atoms. The predicted molar refractivity (Wildman–Crippen MR) is 74.8 cm³/mol. The molecule has 1 fully saturated rings. The molecule has 1 aliphatic rings. The molecule has 0 atom stereocenters. The molecule has 0 aromatic heterocycles. The van der Waals surface area contributed by atoms with Crippen molar-refractivity contribution in [2.75, 3.05) is 6.61 Å². The normalized spacial score (nSPS) is 17.3. The summed E-state index contributed by atoms with van der Waals surface area (Å²) in [7, 11) is 0. The number of hydrogen-bond donors (Lipinski definition) is 2. The van der Waals surface area contributed by atoms with Crippen molar-refractivity contribution in [3.8, 4) is 5.75 Å². The van der Waals surface area contributed by atoms with Crippen LogP contribution in [0.5, 0.6) is 5.75 Å². The van der Waals surface area contributed by atoms with Crippen LogP contribution in [0.15, 0.2) is 24.3 Å². The van der Waals surface area contributed by atoms with Crippen LogP contribution in [0.4, 0.5) is 0 Å². The summed E-state index contributed by atoms with van der Waals surface area (Å²) in [4.78, 5) is 10.6. The molecule has 0 saturated heterocycles. The molecule has 1 amide bonds. The van der Waals surface area contributed by atoms with Crippen molar-refractivity contribution in [3.05, 3.63) is 29.8 Å². The Bertz CT molecular complexity index is 422. The van der Waals surface area contributed by atoms with E-state index in [9.17, 15) is 4.79 Å². The SMILES string of the molecule is CC1(NCc2ccc(OCC(N)=O)cc2)CCCC1. The summed E-state index contributed by atoms with van der Waals surface area (Å²) in [5, 5.41) is 3.63. The number of carbonyl (C=O) groups excluding carboxylic acids is 1.